The van der Waals surface area contributed by atoms with Gasteiger partial charge in [0, 0.05) is 0 Å². The first-order valence-corrected chi connectivity index (χ1v) is 7.04. The molecule has 0 atom stereocenters. The average molecular weight is 229 g/mol. The molecule has 0 spiro atoms. The molecule has 92 valence electrons. The van der Waals surface area contributed by atoms with E-state index in [1.54, 1.807) is 0 Å². The molecule has 0 saturated carbocycles. The van der Waals surface area contributed by atoms with Gasteiger partial charge in [-0.1, -0.05) is 29.8 Å². The molecule has 3 aliphatic heterocycles. The van der Waals surface area contributed by atoms with E-state index in [2.05, 4.69) is 36.1 Å². The Morgan fingerprint density at radius 2 is 1.59 bits per heavy atom. The van der Waals surface area contributed by atoms with Gasteiger partial charge in [0.05, 0.1) is 0 Å². The monoisotopic (exact) mass is 229 g/mol. The maximum Gasteiger partial charge on any atom is -0.00134 e. The van der Waals surface area contributed by atoms with Crippen LogP contribution in [0.1, 0.15) is 36.8 Å². The Kier molecular flexibility index (Phi) is 2.96. The van der Waals surface area contributed by atoms with Crippen molar-refractivity contribution in [3.05, 3.63) is 35.4 Å². The number of hydrogen-bond acceptors (Lipinski definition) is 1. The quantitative estimate of drug-likeness (QED) is 0.767. The molecule has 3 heterocycles. The Morgan fingerprint density at radius 3 is 2.18 bits per heavy atom. The first-order valence-electron chi connectivity index (χ1n) is 7.04. The van der Waals surface area contributed by atoms with Crippen LogP contribution in [0.25, 0.3) is 0 Å². The van der Waals surface area contributed by atoms with Gasteiger partial charge in [0.1, 0.15) is 0 Å². The van der Waals surface area contributed by atoms with Crippen LogP contribution in [-0.2, 0) is 6.42 Å². The van der Waals surface area contributed by atoms with E-state index in [0.29, 0.717) is 5.41 Å². The number of fused-ring (bicyclic) bond motifs is 3. The normalized spacial score (nSPS) is 31.7. The van der Waals surface area contributed by atoms with Gasteiger partial charge in [-0.15, -0.1) is 0 Å². The smallest absolute Gasteiger partial charge is 0.00134 e. The van der Waals surface area contributed by atoms with Crippen LogP contribution in [0.15, 0.2) is 24.3 Å². The molecule has 0 amide bonds. The van der Waals surface area contributed by atoms with Crippen molar-refractivity contribution in [3.8, 4) is 0 Å². The molecular weight excluding hydrogens is 206 g/mol. The SMILES string of the molecule is Cc1ccc(CCC23CCN(CC2)CC3)cc1. The predicted molar refractivity (Wildman–Crippen MR) is 72.2 cm³/mol. The second-order valence-electron chi connectivity index (χ2n) is 6.08. The van der Waals surface area contributed by atoms with Crippen LogP contribution < -0.4 is 0 Å². The summed E-state index contributed by atoms with van der Waals surface area (Å²) in [6, 6.07) is 9.11. The van der Waals surface area contributed by atoms with Crippen molar-refractivity contribution < 1.29 is 0 Å². The summed E-state index contributed by atoms with van der Waals surface area (Å²) < 4.78 is 0. The van der Waals surface area contributed by atoms with Gasteiger partial charge in [-0.25, -0.2) is 0 Å². The number of benzene rings is 1. The Labute approximate surface area is 105 Å². The van der Waals surface area contributed by atoms with E-state index in [9.17, 15) is 0 Å². The zero-order chi connectivity index (χ0) is 11.7. The highest BCUT2D eigenvalue weighted by molar-refractivity contribution is 5.21. The summed E-state index contributed by atoms with van der Waals surface area (Å²) in [6.45, 7) is 6.23. The van der Waals surface area contributed by atoms with E-state index in [4.69, 9.17) is 0 Å². The van der Waals surface area contributed by atoms with Crippen LogP contribution in [-0.4, -0.2) is 24.5 Å². The lowest BCUT2D eigenvalue weighted by molar-refractivity contribution is 0.0202. The van der Waals surface area contributed by atoms with Crippen molar-refractivity contribution in [2.24, 2.45) is 5.41 Å². The van der Waals surface area contributed by atoms with Crippen LogP contribution in [0.4, 0.5) is 0 Å². The standard InChI is InChI=1S/C16H23N/c1-14-2-4-15(5-3-14)6-7-16-8-11-17(12-9-16)13-10-16/h2-5H,6-13H2,1H3. The van der Waals surface area contributed by atoms with Crippen LogP contribution in [0.3, 0.4) is 0 Å². The highest BCUT2D eigenvalue weighted by atomic mass is 15.1. The summed E-state index contributed by atoms with van der Waals surface area (Å²) in [7, 11) is 0. The summed E-state index contributed by atoms with van der Waals surface area (Å²) in [5.41, 5.74) is 3.59. The molecule has 3 fully saturated rings. The molecule has 0 radical (unpaired) electrons. The molecule has 4 rings (SSSR count). The minimum absolute atomic E-state index is 0.694. The largest absolute Gasteiger partial charge is 0.303 e. The molecule has 0 aliphatic carbocycles. The molecule has 3 aliphatic rings. The molecule has 0 N–H and O–H groups in total. The van der Waals surface area contributed by atoms with E-state index in [1.165, 1.54) is 62.9 Å². The van der Waals surface area contributed by atoms with Gasteiger partial charge in [-0.05, 0) is 69.6 Å². The van der Waals surface area contributed by atoms with Gasteiger partial charge < -0.3 is 4.90 Å². The highest BCUT2D eigenvalue weighted by Crippen LogP contribution is 2.43. The number of hydrogen-bond donors (Lipinski definition) is 0. The summed E-state index contributed by atoms with van der Waals surface area (Å²) in [5.74, 6) is 0. The maximum atomic E-state index is 2.63. The number of rotatable bonds is 3. The summed E-state index contributed by atoms with van der Waals surface area (Å²) in [4.78, 5) is 2.63. The van der Waals surface area contributed by atoms with Crippen molar-refractivity contribution in [1.82, 2.24) is 4.90 Å². The third-order valence-corrected chi connectivity index (χ3v) is 4.94. The third-order valence-electron chi connectivity index (χ3n) is 4.94. The highest BCUT2D eigenvalue weighted by Gasteiger charge is 2.38. The van der Waals surface area contributed by atoms with Crippen LogP contribution >= 0.6 is 0 Å². The second kappa shape index (κ2) is 4.45. The molecule has 1 nitrogen and oxygen atoms in total. The van der Waals surface area contributed by atoms with Crippen molar-refractivity contribution in [2.45, 2.75) is 39.0 Å². The fourth-order valence-corrected chi connectivity index (χ4v) is 3.44. The molecule has 1 aromatic carbocycles. The lowest BCUT2D eigenvalue weighted by atomic mass is 9.69. The van der Waals surface area contributed by atoms with Crippen molar-refractivity contribution in [2.75, 3.05) is 19.6 Å². The molecule has 3 saturated heterocycles. The van der Waals surface area contributed by atoms with Gasteiger partial charge in [-0.3, -0.25) is 0 Å². The zero-order valence-electron chi connectivity index (χ0n) is 10.9. The van der Waals surface area contributed by atoms with Gasteiger partial charge in [0.2, 0.25) is 0 Å². The molecule has 2 bridgehead atoms. The fourth-order valence-electron chi connectivity index (χ4n) is 3.44. The molecule has 0 unspecified atom stereocenters. The third kappa shape index (κ3) is 2.40. The number of aryl methyl sites for hydroxylation is 2. The number of piperidine rings is 3. The summed E-state index contributed by atoms with van der Waals surface area (Å²) >= 11 is 0. The lowest BCUT2D eigenvalue weighted by Crippen LogP contribution is -2.48. The predicted octanol–water partition coefficient (Wildman–Crippen LogP) is 3.41. The topological polar surface area (TPSA) is 3.24 Å². The van der Waals surface area contributed by atoms with Crippen LogP contribution in [0, 0.1) is 12.3 Å². The zero-order valence-corrected chi connectivity index (χ0v) is 10.9. The van der Waals surface area contributed by atoms with Gasteiger partial charge in [0.25, 0.3) is 0 Å². The van der Waals surface area contributed by atoms with Gasteiger partial charge in [0.15, 0.2) is 0 Å². The van der Waals surface area contributed by atoms with E-state index in [1.807, 2.05) is 0 Å². The summed E-state index contributed by atoms with van der Waals surface area (Å²) in [6.07, 6.45) is 7.01. The Hall–Kier alpha value is -0.820. The van der Waals surface area contributed by atoms with E-state index in [0.717, 1.165) is 0 Å². The Morgan fingerprint density at radius 1 is 1.00 bits per heavy atom. The molecule has 1 aromatic rings. The minimum atomic E-state index is 0.694. The van der Waals surface area contributed by atoms with Crippen molar-refractivity contribution >= 4 is 0 Å². The summed E-state index contributed by atoms with van der Waals surface area (Å²) in [5, 5.41) is 0. The van der Waals surface area contributed by atoms with E-state index in [-0.39, 0.29) is 0 Å². The van der Waals surface area contributed by atoms with E-state index >= 15 is 0 Å². The van der Waals surface area contributed by atoms with E-state index < -0.39 is 0 Å². The van der Waals surface area contributed by atoms with Crippen LogP contribution in [0.5, 0.6) is 0 Å². The molecular formula is C16H23N. The molecule has 1 heteroatoms. The Balaban J connectivity index is 1.61. The van der Waals surface area contributed by atoms with Gasteiger partial charge >= 0.3 is 0 Å². The van der Waals surface area contributed by atoms with Crippen molar-refractivity contribution in [1.29, 1.82) is 0 Å². The van der Waals surface area contributed by atoms with Crippen molar-refractivity contribution in [3.63, 3.8) is 0 Å². The molecule has 0 aromatic heterocycles. The molecule has 17 heavy (non-hydrogen) atoms. The van der Waals surface area contributed by atoms with Crippen LogP contribution in [0.2, 0.25) is 0 Å². The first-order chi connectivity index (χ1) is 8.26. The number of nitrogens with zero attached hydrogens (tertiary/aromatic N) is 1. The minimum Gasteiger partial charge on any atom is -0.303 e. The van der Waals surface area contributed by atoms with Gasteiger partial charge in [-0.2, -0.15) is 0 Å². The maximum absolute atomic E-state index is 2.63. The fraction of sp³-hybridized carbons (Fsp3) is 0.625. The lowest BCUT2D eigenvalue weighted by Gasteiger charge is -2.48. The average Bonchev–Trinajstić information content (AvgIpc) is 2.40. The second-order valence-corrected chi connectivity index (χ2v) is 6.08. The Bertz CT molecular complexity index is 357. The first kappa shape index (κ1) is 11.3.